The van der Waals surface area contributed by atoms with Gasteiger partial charge in [-0.2, -0.15) is 5.26 Å². The third kappa shape index (κ3) is 2.49. The van der Waals surface area contributed by atoms with Crippen LogP contribution in [0, 0.1) is 25.2 Å². The predicted octanol–water partition coefficient (Wildman–Crippen LogP) is 1.12. The Morgan fingerprint density at radius 2 is 2.11 bits per heavy atom. The molecule has 1 fully saturated rings. The number of hydrogen-bond donors (Lipinski definition) is 3. The van der Waals surface area contributed by atoms with Gasteiger partial charge in [0.25, 0.3) is 0 Å². The number of nitrogens with zero attached hydrogens (tertiary/aromatic N) is 1. The van der Waals surface area contributed by atoms with Crippen LogP contribution in [0.15, 0.2) is 0 Å². The number of nitrogens with one attached hydrogen (secondary N) is 1. The summed E-state index contributed by atoms with van der Waals surface area (Å²) in [4.78, 5) is 1.09. The maximum atomic E-state index is 9.58. The van der Waals surface area contributed by atoms with Gasteiger partial charge in [0, 0.05) is 11.3 Å². The number of nitriles is 1. The van der Waals surface area contributed by atoms with Crippen molar-refractivity contribution in [2.24, 2.45) is 0 Å². The molecule has 3 atom stereocenters. The molecule has 0 saturated carbocycles. The summed E-state index contributed by atoms with van der Waals surface area (Å²) in [6.07, 6.45) is -1.68. The molecule has 1 aromatic rings. The molecular formula is C12H16N2O3S. The van der Waals surface area contributed by atoms with Crippen LogP contribution in [0.4, 0.5) is 5.00 Å². The van der Waals surface area contributed by atoms with Crippen molar-refractivity contribution in [2.75, 3.05) is 11.9 Å². The lowest BCUT2D eigenvalue weighted by atomic mass is 10.1. The molecule has 0 unspecified atom stereocenters. The summed E-state index contributed by atoms with van der Waals surface area (Å²) in [7, 11) is 0. The minimum atomic E-state index is -0.828. The van der Waals surface area contributed by atoms with Crippen LogP contribution in [0.5, 0.6) is 0 Å². The van der Waals surface area contributed by atoms with Crippen LogP contribution in [-0.4, -0.2) is 35.3 Å². The zero-order valence-corrected chi connectivity index (χ0v) is 11.1. The SMILES string of the molecule is Cc1sc(N[C@H]2C[C@H](O)[C@H](O)CO2)c(C#N)c1C. The lowest BCUT2D eigenvalue weighted by Crippen LogP contribution is -2.44. The third-order valence-corrected chi connectivity index (χ3v) is 4.30. The van der Waals surface area contributed by atoms with Crippen LogP contribution in [-0.2, 0) is 4.74 Å². The number of aliphatic hydroxyl groups is 2. The van der Waals surface area contributed by atoms with Crippen molar-refractivity contribution in [2.45, 2.75) is 38.7 Å². The quantitative estimate of drug-likeness (QED) is 0.748. The molecule has 2 rings (SSSR count). The van der Waals surface area contributed by atoms with E-state index in [0.717, 1.165) is 15.4 Å². The second kappa shape index (κ2) is 5.24. The first-order valence-electron chi connectivity index (χ1n) is 5.77. The zero-order valence-electron chi connectivity index (χ0n) is 10.3. The van der Waals surface area contributed by atoms with Crippen LogP contribution in [0.1, 0.15) is 22.4 Å². The summed E-state index contributed by atoms with van der Waals surface area (Å²) < 4.78 is 5.39. The minimum absolute atomic E-state index is 0.101. The fourth-order valence-electron chi connectivity index (χ4n) is 1.88. The van der Waals surface area contributed by atoms with Crippen molar-refractivity contribution in [1.29, 1.82) is 5.26 Å². The van der Waals surface area contributed by atoms with E-state index in [9.17, 15) is 10.2 Å². The van der Waals surface area contributed by atoms with E-state index in [4.69, 9.17) is 10.00 Å². The van der Waals surface area contributed by atoms with Crippen LogP contribution in [0.3, 0.4) is 0 Å². The van der Waals surface area contributed by atoms with Gasteiger partial charge in [-0.3, -0.25) is 0 Å². The van der Waals surface area contributed by atoms with Gasteiger partial charge in [-0.1, -0.05) is 0 Å². The van der Waals surface area contributed by atoms with E-state index in [1.54, 1.807) is 0 Å². The standard InChI is InChI=1S/C12H16N2O3S/c1-6-7(2)18-12(8(6)4-13)14-11-3-9(15)10(16)5-17-11/h9-11,14-16H,3,5H2,1-2H3/t9-,10+,11+/m0/s1. The van der Waals surface area contributed by atoms with Gasteiger partial charge in [-0.15, -0.1) is 11.3 Å². The van der Waals surface area contributed by atoms with Crippen molar-refractivity contribution >= 4 is 16.3 Å². The normalized spacial score (nSPS) is 27.8. The monoisotopic (exact) mass is 268 g/mol. The van der Waals surface area contributed by atoms with Gasteiger partial charge < -0.3 is 20.3 Å². The molecule has 1 aliphatic heterocycles. The summed E-state index contributed by atoms with van der Waals surface area (Å²) in [5.41, 5.74) is 1.60. The molecule has 3 N–H and O–H groups in total. The summed E-state index contributed by atoms with van der Waals surface area (Å²) in [6.45, 7) is 3.98. The van der Waals surface area contributed by atoms with Gasteiger partial charge in [0.1, 0.15) is 23.4 Å². The molecular weight excluding hydrogens is 252 g/mol. The lowest BCUT2D eigenvalue weighted by molar-refractivity contribution is -0.112. The van der Waals surface area contributed by atoms with E-state index < -0.39 is 12.2 Å². The largest absolute Gasteiger partial charge is 0.390 e. The number of aryl methyl sites for hydroxylation is 1. The number of anilines is 1. The van der Waals surface area contributed by atoms with E-state index in [2.05, 4.69) is 11.4 Å². The highest BCUT2D eigenvalue weighted by atomic mass is 32.1. The number of thiophene rings is 1. The molecule has 0 aromatic carbocycles. The van der Waals surface area contributed by atoms with Gasteiger partial charge >= 0.3 is 0 Å². The van der Waals surface area contributed by atoms with Crippen molar-refractivity contribution in [3.63, 3.8) is 0 Å². The van der Waals surface area contributed by atoms with E-state index >= 15 is 0 Å². The van der Waals surface area contributed by atoms with Gasteiger partial charge in [0.2, 0.25) is 0 Å². The summed E-state index contributed by atoms with van der Waals surface area (Å²) in [6, 6.07) is 2.17. The topological polar surface area (TPSA) is 85.5 Å². The van der Waals surface area contributed by atoms with E-state index in [-0.39, 0.29) is 12.8 Å². The Morgan fingerprint density at radius 3 is 2.72 bits per heavy atom. The van der Waals surface area contributed by atoms with Crippen molar-refractivity contribution in [3.8, 4) is 6.07 Å². The Labute approximate surface area is 110 Å². The van der Waals surface area contributed by atoms with Crippen LogP contribution in [0.25, 0.3) is 0 Å². The maximum absolute atomic E-state index is 9.58. The smallest absolute Gasteiger partial charge is 0.131 e. The Hall–Kier alpha value is -1.13. The molecule has 0 bridgehead atoms. The first-order chi connectivity index (χ1) is 8.52. The zero-order chi connectivity index (χ0) is 13.3. The molecule has 1 aliphatic rings. The lowest BCUT2D eigenvalue weighted by Gasteiger charge is -2.31. The Balaban J connectivity index is 2.11. The van der Waals surface area contributed by atoms with E-state index in [1.165, 1.54) is 11.3 Å². The predicted molar refractivity (Wildman–Crippen MR) is 68.5 cm³/mol. The number of hydrogen-bond acceptors (Lipinski definition) is 6. The Bertz CT molecular complexity index is 480. The van der Waals surface area contributed by atoms with Crippen molar-refractivity contribution < 1.29 is 14.9 Å². The highest BCUT2D eigenvalue weighted by Gasteiger charge is 2.29. The van der Waals surface area contributed by atoms with Crippen LogP contribution >= 0.6 is 11.3 Å². The van der Waals surface area contributed by atoms with E-state index in [1.807, 2.05) is 13.8 Å². The second-order valence-electron chi connectivity index (χ2n) is 4.44. The Kier molecular flexibility index (Phi) is 3.88. The summed E-state index contributed by atoms with van der Waals surface area (Å²) in [5, 5.41) is 31.9. The average molecular weight is 268 g/mol. The molecule has 0 amide bonds. The van der Waals surface area contributed by atoms with Crippen LogP contribution < -0.4 is 5.32 Å². The number of rotatable bonds is 2. The highest BCUT2D eigenvalue weighted by Crippen LogP contribution is 2.33. The van der Waals surface area contributed by atoms with Gasteiger partial charge in [-0.25, -0.2) is 0 Å². The molecule has 1 saturated heterocycles. The first-order valence-corrected chi connectivity index (χ1v) is 6.59. The Morgan fingerprint density at radius 1 is 1.39 bits per heavy atom. The second-order valence-corrected chi connectivity index (χ2v) is 5.66. The minimum Gasteiger partial charge on any atom is -0.390 e. The molecule has 98 valence electrons. The fourth-order valence-corrected chi connectivity index (χ4v) is 2.93. The molecule has 5 nitrogen and oxygen atoms in total. The number of aliphatic hydroxyl groups excluding tert-OH is 2. The van der Waals surface area contributed by atoms with Crippen LogP contribution in [0.2, 0.25) is 0 Å². The van der Waals surface area contributed by atoms with Crippen molar-refractivity contribution in [1.82, 2.24) is 0 Å². The summed E-state index contributed by atoms with van der Waals surface area (Å²) >= 11 is 1.50. The molecule has 1 aromatic heterocycles. The molecule has 0 spiro atoms. The van der Waals surface area contributed by atoms with Gasteiger partial charge in [0.15, 0.2) is 0 Å². The molecule has 2 heterocycles. The average Bonchev–Trinajstić information content (AvgIpc) is 2.59. The fraction of sp³-hybridized carbons (Fsp3) is 0.583. The first kappa shape index (κ1) is 13.3. The molecule has 6 heteroatoms. The van der Waals surface area contributed by atoms with Gasteiger partial charge in [0.05, 0.1) is 18.3 Å². The maximum Gasteiger partial charge on any atom is 0.131 e. The van der Waals surface area contributed by atoms with Gasteiger partial charge in [-0.05, 0) is 19.4 Å². The third-order valence-electron chi connectivity index (χ3n) is 3.16. The number of ether oxygens (including phenoxy) is 1. The highest BCUT2D eigenvalue weighted by molar-refractivity contribution is 7.16. The molecule has 0 radical (unpaired) electrons. The molecule has 0 aliphatic carbocycles. The van der Waals surface area contributed by atoms with Crippen molar-refractivity contribution in [3.05, 3.63) is 16.0 Å². The summed E-state index contributed by atoms with van der Waals surface area (Å²) in [5.74, 6) is 0. The molecule has 18 heavy (non-hydrogen) atoms. The van der Waals surface area contributed by atoms with E-state index in [0.29, 0.717) is 12.0 Å².